The zero-order valence-corrected chi connectivity index (χ0v) is 14.3. The van der Waals surface area contributed by atoms with E-state index in [4.69, 9.17) is 9.47 Å². The molecule has 0 heterocycles. The maximum absolute atomic E-state index is 11.5. The van der Waals surface area contributed by atoms with Crippen molar-refractivity contribution < 1.29 is 19.1 Å². The molecule has 0 saturated carbocycles. The lowest BCUT2D eigenvalue weighted by atomic mass is 10.1. The van der Waals surface area contributed by atoms with Crippen LogP contribution >= 0.6 is 25.3 Å². The smallest absolute Gasteiger partial charge is 0.307 e. The van der Waals surface area contributed by atoms with E-state index in [0.29, 0.717) is 32.3 Å². The molecule has 3 unspecified atom stereocenters. The number of ether oxygens (including phenoxy) is 2. The molecule has 0 aliphatic carbocycles. The first-order valence-corrected chi connectivity index (χ1v) is 8.09. The Hall–Kier alpha value is -0.360. The van der Waals surface area contributed by atoms with Gasteiger partial charge in [0.2, 0.25) is 0 Å². The molecule has 3 atom stereocenters. The average molecular weight is 322 g/mol. The maximum Gasteiger partial charge on any atom is 0.307 e. The van der Waals surface area contributed by atoms with Crippen LogP contribution < -0.4 is 0 Å². The summed E-state index contributed by atoms with van der Waals surface area (Å²) < 4.78 is 10.4. The third-order valence-corrected chi connectivity index (χ3v) is 2.98. The van der Waals surface area contributed by atoms with E-state index in [1.54, 1.807) is 0 Å². The summed E-state index contributed by atoms with van der Waals surface area (Å²) >= 11 is 8.29. The Labute approximate surface area is 132 Å². The summed E-state index contributed by atoms with van der Waals surface area (Å²) in [5.74, 6) is -0.457. The summed E-state index contributed by atoms with van der Waals surface area (Å²) in [5, 5.41) is 0.0132. The molecule has 0 N–H and O–H groups in total. The van der Waals surface area contributed by atoms with E-state index >= 15 is 0 Å². The Kier molecular flexibility index (Phi) is 11.1. The van der Waals surface area contributed by atoms with Gasteiger partial charge in [-0.05, 0) is 19.3 Å². The fourth-order valence-corrected chi connectivity index (χ4v) is 1.92. The Morgan fingerprint density at radius 3 is 2.10 bits per heavy atom. The van der Waals surface area contributed by atoms with Gasteiger partial charge < -0.3 is 9.47 Å². The molecule has 0 amide bonds. The second-order valence-corrected chi connectivity index (χ2v) is 6.75. The average Bonchev–Trinajstić information content (AvgIpc) is 2.31. The fraction of sp³-hybridized carbons (Fsp3) is 0.857. The van der Waals surface area contributed by atoms with E-state index in [1.165, 1.54) is 0 Å². The minimum absolute atomic E-state index is 0.00387. The highest BCUT2D eigenvalue weighted by molar-refractivity contribution is 7.81. The van der Waals surface area contributed by atoms with E-state index in [0.717, 1.165) is 6.42 Å². The Bertz CT molecular complexity index is 293. The predicted molar refractivity (Wildman–Crippen MR) is 86.5 cm³/mol. The van der Waals surface area contributed by atoms with Gasteiger partial charge in [0.1, 0.15) is 6.10 Å². The molecule has 20 heavy (non-hydrogen) atoms. The van der Waals surface area contributed by atoms with E-state index in [-0.39, 0.29) is 28.5 Å². The summed E-state index contributed by atoms with van der Waals surface area (Å²) in [6, 6.07) is 0. The van der Waals surface area contributed by atoms with Crippen molar-refractivity contribution in [3.8, 4) is 0 Å². The van der Waals surface area contributed by atoms with E-state index in [2.05, 4.69) is 25.3 Å². The first-order chi connectivity index (χ1) is 9.35. The second kappa shape index (κ2) is 11.3. The van der Waals surface area contributed by atoms with Gasteiger partial charge in [0.15, 0.2) is 0 Å². The highest BCUT2D eigenvalue weighted by Gasteiger charge is 2.14. The minimum Gasteiger partial charge on any atom is -0.466 e. The largest absolute Gasteiger partial charge is 0.466 e. The van der Waals surface area contributed by atoms with Crippen molar-refractivity contribution in [2.24, 2.45) is 0 Å². The number of carbonyl (C=O) groups is 2. The highest BCUT2D eigenvalue weighted by Crippen LogP contribution is 2.11. The van der Waals surface area contributed by atoms with Crippen LogP contribution in [0, 0.1) is 0 Å². The van der Waals surface area contributed by atoms with E-state index < -0.39 is 0 Å². The van der Waals surface area contributed by atoms with Crippen molar-refractivity contribution in [3.05, 3.63) is 0 Å². The predicted octanol–water partition coefficient (Wildman–Crippen LogP) is 3.05. The number of thiol groups is 2. The van der Waals surface area contributed by atoms with Crippen molar-refractivity contribution in [1.29, 1.82) is 0 Å². The molecule has 0 aromatic heterocycles. The summed E-state index contributed by atoms with van der Waals surface area (Å²) in [5.41, 5.74) is 0. The van der Waals surface area contributed by atoms with Gasteiger partial charge in [-0.3, -0.25) is 9.59 Å². The standard InChI is InChI=1S/C14H26O4S2/c1-4-12(18-14(16)9-11(3)20)6-5-7-17-13(15)8-10(2)19/h10-12,19-20H,4-9H2,1-3H3. The molecule has 0 radical (unpaired) electrons. The topological polar surface area (TPSA) is 52.6 Å². The molecule has 118 valence electrons. The number of hydrogen-bond acceptors (Lipinski definition) is 6. The molecule has 0 aliphatic heterocycles. The quantitative estimate of drug-likeness (QED) is 0.369. The van der Waals surface area contributed by atoms with Crippen LogP contribution in [0.3, 0.4) is 0 Å². The third-order valence-electron chi connectivity index (χ3n) is 2.61. The Balaban J connectivity index is 3.79. The van der Waals surface area contributed by atoms with Crippen molar-refractivity contribution in [3.63, 3.8) is 0 Å². The lowest BCUT2D eigenvalue weighted by Crippen LogP contribution is -2.20. The summed E-state index contributed by atoms with van der Waals surface area (Å²) in [6.07, 6.45) is 2.66. The van der Waals surface area contributed by atoms with Crippen molar-refractivity contribution >= 4 is 37.2 Å². The van der Waals surface area contributed by atoms with Crippen LogP contribution in [-0.4, -0.2) is 35.1 Å². The fourth-order valence-electron chi connectivity index (χ4n) is 1.62. The molecule has 0 fully saturated rings. The summed E-state index contributed by atoms with van der Waals surface area (Å²) in [4.78, 5) is 22.8. The van der Waals surface area contributed by atoms with Gasteiger partial charge in [0.05, 0.1) is 19.4 Å². The molecule has 4 nitrogen and oxygen atoms in total. The molecular formula is C14H26O4S2. The third kappa shape index (κ3) is 11.5. The molecule has 0 aliphatic rings. The SMILES string of the molecule is CCC(CCCOC(=O)CC(C)S)OC(=O)CC(C)S. The maximum atomic E-state index is 11.5. The highest BCUT2D eigenvalue weighted by atomic mass is 32.1. The monoisotopic (exact) mass is 322 g/mol. The van der Waals surface area contributed by atoms with Crippen LogP contribution in [0.1, 0.15) is 52.9 Å². The van der Waals surface area contributed by atoms with Crippen LogP contribution in [0.15, 0.2) is 0 Å². The molecule has 0 rings (SSSR count). The Morgan fingerprint density at radius 2 is 1.60 bits per heavy atom. The molecule has 0 aromatic rings. The van der Waals surface area contributed by atoms with E-state index in [1.807, 2.05) is 20.8 Å². The number of esters is 2. The van der Waals surface area contributed by atoms with Crippen molar-refractivity contribution in [1.82, 2.24) is 0 Å². The molecular weight excluding hydrogens is 296 g/mol. The van der Waals surface area contributed by atoms with Crippen LogP contribution in [0.25, 0.3) is 0 Å². The molecule has 0 saturated heterocycles. The minimum atomic E-state index is -0.235. The van der Waals surface area contributed by atoms with E-state index in [9.17, 15) is 9.59 Å². The first-order valence-electron chi connectivity index (χ1n) is 7.06. The first kappa shape index (κ1) is 19.6. The van der Waals surface area contributed by atoms with Gasteiger partial charge in [0, 0.05) is 10.5 Å². The lowest BCUT2D eigenvalue weighted by molar-refractivity contribution is -0.150. The second-order valence-electron chi connectivity index (χ2n) is 4.99. The summed E-state index contributed by atoms with van der Waals surface area (Å²) in [6.45, 7) is 6.03. The van der Waals surface area contributed by atoms with Crippen LogP contribution in [0.5, 0.6) is 0 Å². The van der Waals surface area contributed by atoms with Gasteiger partial charge >= 0.3 is 11.9 Å². The van der Waals surface area contributed by atoms with Gasteiger partial charge in [0.25, 0.3) is 0 Å². The molecule has 6 heteroatoms. The van der Waals surface area contributed by atoms with Gasteiger partial charge in [-0.2, -0.15) is 25.3 Å². The molecule has 0 bridgehead atoms. The summed E-state index contributed by atoms with van der Waals surface area (Å²) in [7, 11) is 0. The molecule has 0 aromatic carbocycles. The van der Waals surface area contributed by atoms with Crippen molar-refractivity contribution in [2.75, 3.05) is 6.61 Å². The van der Waals surface area contributed by atoms with Gasteiger partial charge in [-0.1, -0.05) is 20.8 Å². The van der Waals surface area contributed by atoms with Crippen LogP contribution in [-0.2, 0) is 19.1 Å². The van der Waals surface area contributed by atoms with Crippen LogP contribution in [0.4, 0.5) is 0 Å². The molecule has 0 spiro atoms. The zero-order chi connectivity index (χ0) is 15.5. The normalized spacial score (nSPS) is 15.2. The van der Waals surface area contributed by atoms with Gasteiger partial charge in [-0.25, -0.2) is 0 Å². The van der Waals surface area contributed by atoms with Crippen LogP contribution in [0.2, 0.25) is 0 Å². The number of carbonyl (C=O) groups excluding carboxylic acids is 2. The number of hydrogen-bond donors (Lipinski definition) is 2. The Morgan fingerprint density at radius 1 is 1.05 bits per heavy atom. The van der Waals surface area contributed by atoms with Gasteiger partial charge in [-0.15, -0.1) is 0 Å². The van der Waals surface area contributed by atoms with Crippen molar-refractivity contribution in [2.45, 2.75) is 69.5 Å². The number of rotatable bonds is 10. The lowest BCUT2D eigenvalue weighted by Gasteiger charge is -2.16. The zero-order valence-electron chi connectivity index (χ0n) is 12.5.